The molecule has 0 unspecified atom stereocenters. The molecular formula is C114H92Cl5N3O8S. The minimum absolute atomic E-state index is 0.245. The standard InChI is InChI=1S/C30H28O2.C29H21Cl2NO2.C28H20Cl2N2O2.C27H23ClO2S/c1-4-26(24-10-7-8-20(2)18-24)30(23-15-12-22(13-16-23)14-17-29(31)32)28-19-25-9-5-6-11-27(25)21(28)3;1-2-22(24-13-12-21(30)16-27(24)31)29(19-10-7-18(8-11-19)9-14-28(33)34)25-15-20-5-3-4-6-23(20)26(25)17-32;1-3-20(22-13-14-24(29)32-28(22)31-2)26(18-11-8-17(9-12-18)10-15-25(33)34)23-16-19-6-4-5-7-21(19)27(23)30;1-3-22(21-14-17(2)31-16-21)26(19-11-8-18(9-12-19)10-13-25(29)30)24-15-20-6-4-5-7-23(20)27(24)28/h5-18H,4,19H2,1-3H3,(H,31,32);3-14,16H,2,15H2,1H3,(H,33,34);4-15H,3,16H2,1H3,(H,33,34);4-14,16H,3,15H2,1-2H3,(H,29,30)/b17-14+,30-26+;14-9+,29-22+;15-10+,26-20+;13-10+,26-22+. The summed E-state index contributed by atoms with van der Waals surface area (Å²) in [4.78, 5) is 52.6. The molecule has 17 heteroatoms. The van der Waals surface area contributed by atoms with Crippen LogP contribution in [0.1, 0.15) is 182 Å². The molecule has 0 fully saturated rings. The lowest BCUT2D eigenvalue weighted by atomic mass is 9.85. The number of aryl methyl sites for hydroxylation is 2. The number of hydrogen-bond donors (Lipinski definition) is 4. The van der Waals surface area contributed by atoms with Gasteiger partial charge in [0.25, 0.3) is 5.82 Å². The first-order chi connectivity index (χ1) is 63.3. The number of nitriles is 1. The van der Waals surface area contributed by atoms with Crippen LogP contribution in [0.15, 0.2) is 307 Å². The maximum Gasteiger partial charge on any atom is 0.328 e. The molecule has 0 spiro atoms. The molecule has 2 heterocycles. The van der Waals surface area contributed by atoms with Crippen LogP contribution in [0.25, 0.3) is 94.9 Å². The molecule has 10 aromatic carbocycles. The van der Waals surface area contributed by atoms with Gasteiger partial charge in [-0.25, -0.2) is 19.2 Å². The van der Waals surface area contributed by atoms with Crippen LogP contribution in [0, 0.1) is 31.8 Å². The van der Waals surface area contributed by atoms with Gasteiger partial charge in [-0.15, -0.1) is 16.3 Å². The van der Waals surface area contributed by atoms with Crippen molar-refractivity contribution in [2.24, 2.45) is 0 Å². The number of nitrogens with zero attached hydrogens (tertiary/aromatic N) is 3. The van der Waals surface area contributed by atoms with Gasteiger partial charge in [0.15, 0.2) is 0 Å². The first-order valence-corrected chi connectivity index (χ1v) is 45.6. The number of benzene rings is 10. The number of aromatic nitrogens is 1. The van der Waals surface area contributed by atoms with Gasteiger partial charge in [0.2, 0.25) is 5.15 Å². The van der Waals surface area contributed by atoms with Crippen LogP contribution in [0.4, 0.5) is 5.82 Å². The summed E-state index contributed by atoms with van der Waals surface area (Å²) in [5, 5.41) is 50.9. The molecule has 4 N–H and O–H groups in total. The lowest BCUT2D eigenvalue weighted by Crippen LogP contribution is -1.99. The highest BCUT2D eigenvalue weighted by Gasteiger charge is 2.32. The molecule has 4 aliphatic carbocycles. The third kappa shape index (κ3) is 22.6. The van der Waals surface area contributed by atoms with E-state index in [0.717, 1.165) is 171 Å². The summed E-state index contributed by atoms with van der Waals surface area (Å²) in [6.07, 6.45) is 17.1. The van der Waals surface area contributed by atoms with E-state index in [0.29, 0.717) is 46.3 Å². The minimum atomic E-state index is -1.000. The molecule has 0 saturated heterocycles. The predicted molar refractivity (Wildman–Crippen MR) is 544 cm³/mol. The molecule has 0 atom stereocenters. The average Bonchev–Trinajstić information content (AvgIpc) is 1.67. The molecule has 0 saturated carbocycles. The fourth-order valence-corrected chi connectivity index (χ4v) is 19.4. The van der Waals surface area contributed by atoms with E-state index in [2.05, 4.69) is 172 Å². The van der Waals surface area contributed by atoms with Crippen molar-refractivity contribution in [3.05, 3.63) is 455 Å². The first kappa shape index (κ1) is 94.8. The van der Waals surface area contributed by atoms with E-state index in [-0.39, 0.29) is 11.0 Å². The number of pyridine rings is 1. The summed E-state index contributed by atoms with van der Waals surface area (Å²) in [6, 6.07) is 87.0. The van der Waals surface area contributed by atoms with Gasteiger partial charge >= 0.3 is 23.9 Å². The van der Waals surface area contributed by atoms with Gasteiger partial charge in [0.1, 0.15) is 6.07 Å². The zero-order valence-electron chi connectivity index (χ0n) is 73.2. The number of carboxylic acid groups (broad SMARTS) is 4. The molecule has 0 bridgehead atoms. The van der Waals surface area contributed by atoms with Gasteiger partial charge in [0, 0.05) is 64.1 Å². The van der Waals surface area contributed by atoms with Gasteiger partial charge in [-0.3, -0.25) is 0 Å². The Morgan fingerprint density at radius 2 is 0.779 bits per heavy atom. The second-order valence-electron chi connectivity index (χ2n) is 31.5. The molecule has 652 valence electrons. The second kappa shape index (κ2) is 44.0. The maximum absolute atomic E-state index is 10.9. The lowest BCUT2D eigenvalue weighted by Gasteiger charge is -2.19. The van der Waals surface area contributed by atoms with E-state index in [1.54, 1.807) is 47.8 Å². The molecule has 11 nitrogen and oxygen atoms in total. The topological polar surface area (TPSA) is 190 Å². The van der Waals surface area contributed by atoms with Gasteiger partial charge < -0.3 is 25.3 Å². The van der Waals surface area contributed by atoms with E-state index in [9.17, 15) is 24.4 Å². The van der Waals surface area contributed by atoms with Crippen LogP contribution in [0.2, 0.25) is 15.2 Å². The normalized spacial score (nSPS) is 13.8. The predicted octanol–water partition coefficient (Wildman–Crippen LogP) is 31.0. The number of carboxylic acids is 4. The Hall–Kier alpha value is -13.8. The quantitative estimate of drug-likeness (QED) is 0.0196. The highest BCUT2D eigenvalue weighted by molar-refractivity contribution is 7.10. The maximum atomic E-state index is 10.9. The van der Waals surface area contributed by atoms with Gasteiger partial charge in [-0.05, 0) is 297 Å². The number of carbonyl (C=O) groups is 4. The summed E-state index contributed by atoms with van der Waals surface area (Å²) in [5.74, 6) is -3.64. The molecule has 0 radical (unpaired) electrons. The Bertz CT molecular complexity index is 6970. The van der Waals surface area contributed by atoms with E-state index in [1.165, 1.54) is 77.8 Å². The highest BCUT2D eigenvalue weighted by Crippen LogP contribution is 2.51. The Labute approximate surface area is 793 Å². The third-order valence-electron chi connectivity index (χ3n) is 23.4. The van der Waals surface area contributed by atoms with Crippen molar-refractivity contribution < 1.29 is 39.6 Å². The summed E-state index contributed by atoms with van der Waals surface area (Å²) in [5.41, 5.74) is 37.5. The molecule has 0 aliphatic heterocycles. The molecule has 0 amide bonds. The molecule has 16 rings (SSSR count). The summed E-state index contributed by atoms with van der Waals surface area (Å²) in [6.45, 7) is 22.7. The van der Waals surface area contributed by atoms with Crippen molar-refractivity contribution in [3.63, 3.8) is 0 Å². The molecule has 2 aromatic heterocycles. The molecule has 131 heavy (non-hydrogen) atoms. The van der Waals surface area contributed by atoms with Crippen LogP contribution in [0.5, 0.6) is 0 Å². The average molecular weight is 1840 g/mol. The monoisotopic (exact) mass is 1840 g/mol. The fraction of sp³-hybridized carbons (Fsp3) is 0.132. The first-order valence-electron chi connectivity index (χ1n) is 42.9. The van der Waals surface area contributed by atoms with Crippen molar-refractivity contribution in [1.29, 1.82) is 5.26 Å². The van der Waals surface area contributed by atoms with E-state index < -0.39 is 23.9 Å². The van der Waals surface area contributed by atoms with E-state index in [4.69, 9.17) is 85.0 Å². The zero-order chi connectivity index (χ0) is 93.1. The molecular weight excluding hydrogens is 1750 g/mol. The second-order valence-corrected chi connectivity index (χ2v) is 34.7. The number of hydrogen-bond acceptors (Lipinski definition) is 7. The number of aliphatic carboxylic acids is 4. The van der Waals surface area contributed by atoms with Crippen molar-refractivity contribution >= 4 is 189 Å². The number of rotatable bonds is 24. The van der Waals surface area contributed by atoms with Crippen molar-refractivity contribution in [3.8, 4) is 6.07 Å². The Balaban J connectivity index is 0.000000149. The zero-order valence-corrected chi connectivity index (χ0v) is 77.8. The van der Waals surface area contributed by atoms with Crippen LogP contribution in [0.3, 0.4) is 0 Å². The minimum Gasteiger partial charge on any atom is -0.478 e. The summed E-state index contributed by atoms with van der Waals surface area (Å²) >= 11 is 34.5. The van der Waals surface area contributed by atoms with Gasteiger partial charge in [-0.1, -0.05) is 317 Å². The Kier molecular flexibility index (Phi) is 31.9. The Morgan fingerprint density at radius 3 is 1.18 bits per heavy atom. The van der Waals surface area contributed by atoms with E-state index in [1.807, 2.05) is 140 Å². The SMILES string of the molecule is CC/C(=C(\C1=C(C#N)c2ccccc2C1)c1ccc(/C=C/C(=O)O)cc1)c1ccc(Cl)cc1Cl.CC/C(=C(\C1=C(C)c2ccccc2C1)c1ccc(/C=C/C(=O)O)cc1)c1cccc(C)c1.CC/C(=C(\C1=C(Cl)c2ccccc2C1)c1ccc(/C=C/C(=O)O)cc1)c1csc(C)c1.[C-]#[N+]c1nc(Cl)ccc1/C(CC)=C(/C1=C(Cl)c2ccccc2C1)c1ccc(/C=C/C(=O)O)cc1. The molecule has 4 aliphatic rings. The fourth-order valence-electron chi connectivity index (χ4n) is 17.3. The van der Waals surface area contributed by atoms with Crippen LogP contribution < -0.4 is 0 Å². The van der Waals surface area contributed by atoms with E-state index >= 15 is 0 Å². The van der Waals surface area contributed by atoms with Crippen molar-refractivity contribution in [1.82, 2.24) is 4.98 Å². The number of allylic oxidation sites excluding steroid dienone is 14. The van der Waals surface area contributed by atoms with Gasteiger partial charge in [-0.2, -0.15) is 5.26 Å². The third-order valence-corrected chi connectivity index (χ3v) is 25.8. The van der Waals surface area contributed by atoms with Crippen LogP contribution in [-0.2, 0) is 44.9 Å². The highest BCUT2D eigenvalue weighted by atomic mass is 35.5. The van der Waals surface area contributed by atoms with Crippen LogP contribution in [-0.4, -0.2) is 49.3 Å². The number of halogens is 5. The molecule has 12 aromatic rings. The summed E-state index contributed by atoms with van der Waals surface area (Å²) < 4.78 is 0. The summed E-state index contributed by atoms with van der Waals surface area (Å²) in [7, 11) is 0. The number of thiophene rings is 1. The largest absolute Gasteiger partial charge is 0.478 e. The van der Waals surface area contributed by atoms with Crippen LogP contribution >= 0.6 is 69.3 Å². The number of fused-ring (bicyclic) bond motifs is 4. The Morgan fingerprint density at radius 1 is 0.405 bits per heavy atom. The lowest BCUT2D eigenvalue weighted by molar-refractivity contribution is -0.132. The van der Waals surface area contributed by atoms with Gasteiger partial charge in [0.05, 0.1) is 15.6 Å². The smallest absolute Gasteiger partial charge is 0.328 e. The van der Waals surface area contributed by atoms with Crippen molar-refractivity contribution in [2.45, 2.75) is 99.8 Å². The van der Waals surface area contributed by atoms with Crippen molar-refractivity contribution in [2.75, 3.05) is 0 Å².